The standard InChI is InChI=1S/C27H34O3/c1-3-21(2)27(28)30-19-10-5-4-9-18-29-26-15-11-14-23-16-17-24(20-25(23)26)22-12-7-6-8-13-22/h6-8,11-15,20-21H,3-5,9-10,16-19H2,1-2H3. The van der Waals surface area contributed by atoms with Gasteiger partial charge in [-0.2, -0.15) is 0 Å². The third-order valence-corrected chi connectivity index (χ3v) is 5.84. The van der Waals surface area contributed by atoms with Crippen molar-refractivity contribution in [3.63, 3.8) is 0 Å². The number of allylic oxidation sites excluding steroid dienone is 1. The van der Waals surface area contributed by atoms with Gasteiger partial charge >= 0.3 is 5.97 Å². The van der Waals surface area contributed by atoms with Gasteiger partial charge < -0.3 is 9.47 Å². The average Bonchev–Trinajstić information content (AvgIpc) is 2.80. The summed E-state index contributed by atoms with van der Waals surface area (Å²) < 4.78 is 11.5. The van der Waals surface area contributed by atoms with Crippen LogP contribution >= 0.6 is 0 Å². The molecule has 3 rings (SSSR count). The molecule has 0 N–H and O–H groups in total. The first-order chi connectivity index (χ1) is 14.7. The van der Waals surface area contributed by atoms with Crippen molar-refractivity contribution in [2.45, 2.75) is 58.8 Å². The van der Waals surface area contributed by atoms with E-state index in [0.717, 1.165) is 57.3 Å². The van der Waals surface area contributed by atoms with Gasteiger partial charge in [0.25, 0.3) is 0 Å². The van der Waals surface area contributed by atoms with Crippen LogP contribution < -0.4 is 4.74 Å². The van der Waals surface area contributed by atoms with Gasteiger partial charge in [-0.15, -0.1) is 0 Å². The Hall–Kier alpha value is -2.55. The van der Waals surface area contributed by atoms with E-state index < -0.39 is 0 Å². The minimum Gasteiger partial charge on any atom is -0.493 e. The van der Waals surface area contributed by atoms with E-state index >= 15 is 0 Å². The first-order valence-electron chi connectivity index (χ1n) is 11.4. The van der Waals surface area contributed by atoms with E-state index in [4.69, 9.17) is 9.47 Å². The minimum absolute atomic E-state index is 0.00616. The molecule has 30 heavy (non-hydrogen) atoms. The highest BCUT2D eigenvalue weighted by Crippen LogP contribution is 2.35. The monoisotopic (exact) mass is 406 g/mol. The molecule has 0 radical (unpaired) electrons. The van der Waals surface area contributed by atoms with Crippen LogP contribution in [0.25, 0.3) is 11.6 Å². The van der Waals surface area contributed by atoms with E-state index in [-0.39, 0.29) is 11.9 Å². The average molecular weight is 407 g/mol. The Kier molecular flexibility index (Phi) is 8.55. The highest BCUT2D eigenvalue weighted by molar-refractivity contribution is 5.86. The lowest BCUT2D eigenvalue weighted by atomic mass is 9.88. The van der Waals surface area contributed by atoms with E-state index in [1.165, 1.54) is 22.3 Å². The SMILES string of the molecule is CCC(C)C(=O)OCCCCCCOc1cccc2c1C=C(c1ccccc1)CC2. The molecule has 0 aromatic heterocycles. The predicted molar refractivity (Wildman–Crippen MR) is 123 cm³/mol. The van der Waals surface area contributed by atoms with E-state index in [9.17, 15) is 4.79 Å². The number of hydrogen-bond donors (Lipinski definition) is 0. The molecule has 3 heteroatoms. The fraction of sp³-hybridized carbons (Fsp3) is 0.444. The van der Waals surface area contributed by atoms with Gasteiger partial charge in [-0.25, -0.2) is 0 Å². The maximum absolute atomic E-state index is 11.7. The zero-order chi connectivity index (χ0) is 21.2. The maximum atomic E-state index is 11.7. The molecule has 1 aliphatic rings. The molecule has 1 unspecified atom stereocenters. The first kappa shape index (κ1) is 22.1. The number of ether oxygens (including phenoxy) is 2. The van der Waals surface area contributed by atoms with Crippen LogP contribution in [0.3, 0.4) is 0 Å². The number of carbonyl (C=O) groups is 1. The Morgan fingerprint density at radius 1 is 0.933 bits per heavy atom. The van der Waals surface area contributed by atoms with Gasteiger partial charge in [-0.1, -0.05) is 56.3 Å². The molecule has 1 aliphatic carbocycles. The summed E-state index contributed by atoms with van der Waals surface area (Å²) in [5.41, 5.74) is 5.29. The fourth-order valence-electron chi connectivity index (χ4n) is 3.71. The molecule has 1 atom stereocenters. The number of rotatable bonds is 11. The second kappa shape index (κ2) is 11.6. The van der Waals surface area contributed by atoms with Gasteiger partial charge in [0.05, 0.1) is 19.1 Å². The largest absolute Gasteiger partial charge is 0.493 e. The first-order valence-corrected chi connectivity index (χ1v) is 11.4. The molecular weight excluding hydrogens is 372 g/mol. The summed E-state index contributed by atoms with van der Waals surface area (Å²) in [5.74, 6) is 0.924. The Morgan fingerprint density at radius 2 is 1.70 bits per heavy atom. The van der Waals surface area contributed by atoms with Gasteiger partial charge in [0.15, 0.2) is 0 Å². The summed E-state index contributed by atoms with van der Waals surface area (Å²) in [4.78, 5) is 11.7. The molecule has 0 bridgehead atoms. The van der Waals surface area contributed by atoms with Crippen molar-refractivity contribution in [1.82, 2.24) is 0 Å². The molecule has 0 aliphatic heterocycles. The predicted octanol–water partition coefficient (Wildman–Crippen LogP) is 6.70. The lowest BCUT2D eigenvalue weighted by Gasteiger charge is -2.20. The summed E-state index contributed by atoms with van der Waals surface area (Å²) in [6, 6.07) is 17.0. The molecule has 0 heterocycles. The lowest BCUT2D eigenvalue weighted by molar-refractivity contribution is -0.148. The molecule has 160 valence electrons. The van der Waals surface area contributed by atoms with Gasteiger partial charge in [0.1, 0.15) is 5.75 Å². The smallest absolute Gasteiger partial charge is 0.308 e. The van der Waals surface area contributed by atoms with Crippen molar-refractivity contribution in [2.24, 2.45) is 5.92 Å². The van der Waals surface area contributed by atoms with Crippen molar-refractivity contribution in [1.29, 1.82) is 0 Å². The number of carbonyl (C=O) groups excluding carboxylic acids is 1. The maximum Gasteiger partial charge on any atom is 0.308 e. The summed E-state index contributed by atoms with van der Waals surface area (Å²) in [6.45, 7) is 5.18. The fourth-order valence-corrected chi connectivity index (χ4v) is 3.71. The number of fused-ring (bicyclic) bond motifs is 1. The van der Waals surface area contributed by atoms with Crippen LogP contribution in [0, 0.1) is 5.92 Å². The third kappa shape index (κ3) is 6.22. The molecule has 0 spiro atoms. The van der Waals surface area contributed by atoms with Crippen molar-refractivity contribution in [2.75, 3.05) is 13.2 Å². The molecule has 0 saturated heterocycles. The molecular formula is C27H34O3. The van der Waals surface area contributed by atoms with Crippen LogP contribution in [0.2, 0.25) is 0 Å². The molecule has 0 fully saturated rings. The van der Waals surface area contributed by atoms with Crippen LogP contribution in [-0.2, 0) is 16.0 Å². The van der Waals surface area contributed by atoms with E-state index in [1.54, 1.807) is 0 Å². The summed E-state index contributed by atoms with van der Waals surface area (Å²) in [6.07, 6.45) is 9.34. The lowest BCUT2D eigenvalue weighted by Crippen LogP contribution is -2.14. The van der Waals surface area contributed by atoms with E-state index in [1.807, 2.05) is 13.8 Å². The van der Waals surface area contributed by atoms with Crippen molar-refractivity contribution >= 4 is 17.6 Å². The van der Waals surface area contributed by atoms with Crippen LogP contribution in [0.15, 0.2) is 48.5 Å². The zero-order valence-corrected chi connectivity index (χ0v) is 18.4. The van der Waals surface area contributed by atoms with Crippen molar-refractivity contribution < 1.29 is 14.3 Å². The second-order valence-corrected chi connectivity index (χ2v) is 8.10. The molecule has 2 aromatic rings. The van der Waals surface area contributed by atoms with Gasteiger partial charge in [-0.3, -0.25) is 4.79 Å². The van der Waals surface area contributed by atoms with Gasteiger partial charge in [0, 0.05) is 5.56 Å². The van der Waals surface area contributed by atoms with Crippen LogP contribution in [0.5, 0.6) is 5.75 Å². The Morgan fingerprint density at radius 3 is 2.47 bits per heavy atom. The summed E-state index contributed by atoms with van der Waals surface area (Å²) in [5, 5.41) is 0. The van der Waals surface area contributed by atoms with E-state index in [2.05, 4.69) is 54.6 Å². The van der Waals surface area contributed by atoms with Crippen LogP contribution in [-0.4, -0.2) is 19.2 Å². The Bertz CT molecular complexity index is 838. The molecule has 3 nitrogen and oxygen atoms in total. The zero-order valence-electron chi connectivity index (χ0n) is 18.4. The number of unbranched alkanes of at least 4 members (excludes halogenated alkanes) is 3. The Labute approximate surface area is 181 Å². The van der Waals surface area contributed by atoms with Crippen molar-refractivity contribution in [3.8, 4) is 5.75 Å². The number of esters is 1. The highest BCUT2D eigenvalue weighted by atomic mass is 16.5. The molecule has 2 aromatic carbocycles. The van der Waals surface area contributed by atoms with Crippen molar-refractivity contribution in [3.05, 3.63) is 65.2 Å². The number of aryl methyl sites for hydroxylation is 1. The Balaban J connectivity index is 1.43. The quantitative estimate of drug-likeness (QED) is 0.308. The number of hydrogen-bond acceptors (Lipinski definition) is 3. The third-order valence-electron chi connectivity index (χ3n) is 5.84. The van der Waals surface area contributed by atoms with Gasteiger partial charge in [0.2, 0.25) is 0 Å². The molecule has 0 saturated carbocycles. The topological polar surface area (TPSA) is 35.5 Å². The van der Waals surface area contributed by atoms with Gasteiger partial charge in [-0.05, 0) is 73.8 Å². The summed E-state index contributed by atoms with van der Waals surface area (Å²) >= 11 is 0. The summed E-state index contributed by atoms with van der Waals surface area (Å²) in [7, 11) is 0. The number of benzene rings is 2. The highest BCUT2D eigenvalue weighted by Gasteiger charge is 2.15. The van der Waals surface area contributed by atoms with E-state index in [0.29, 0.717) is 6.61 Å². The molecule has 0 amide bonds. The normalized spacial score (nSPS) is 13.9. The van der Waals surface area contributed by atoms with Crippen LogP contribution in [0.4, 0.5) is 0 Å². The second-order valence-electron chi connectivity index (χ2n) is 8.10. The van der Waals surface area contributed by atoms with Crippen LogP contribution in [0.1, 0.15) is 69.1 Å². The minimum atomic E-state index is -0.0717.